The van der Waals surface area contributed by atoms with Crippen molar-refractivity contribution in [2.45, 2.75) is 19.9 Å². The largest absolute Gasteiger partial charge is 0.376 e. The smallest absolute Gasteiger partial charge is 0.274 e. The van der Waals surface area contributed by atoms with Gasteiger partial charge in [-0.25, -0.2) is 0 Å². The average molecular weight is 313 g/mol. The minimum absolute atomic E-state index is 0.0352. The fourth-order valence-electron chi connectivity index (χ4n) is 2.31. The lowest BCUT2D eigenvalue weighted by Crippen LogP contribution is -2.32. The van der Waals surface area contributed by atoms with E-state index in [1.54, 1.807) is 19.1 Å². The summed E-state index contributed by atoms with van der Waals surface area (Å²) in [4.78, 5) is 22.5. The number of amides is 1. The molecule has 2 rings (SSSR count). The summed E-state index contributed by atoms with van der Waals surface area (Å²) >= 11 is 0. The highest BCUT2D eigenvalue weighted by Crippen LogP contribution is 2.24. The second kappa shape index (κ2) is 7.40. The van der Waals surface area contributed by atoms with Crippen LogP contribution in [0.25, 0.3) is 0 Å². The van der Waals surface area contributed by atoms with Crippen LogP contribution in [0.3, 0.4) is 0 Å². The van der Waals surface area contributed by atoms with Crippen molar-refractivity contribution in [3.8, 4) is 0 Å². The maximum Gasteiger partial charge on any atom is 0.274 e. The van der Waals surface area contributed by atoms with E-state index in [1.807, 2.05) is 37.3 Å². The summed E-state index contributed by atoms with van der Waals surface area (Å²) in [6, 6.07) is 14.3. The van der Waals surface area contributed by atoms with Crippen molar-refractivity contribution in [2.75, 3.05) is 11.9 Å². The summed E-state index contributed by atoms with van der Waals surface area (Å²) in [5.74, 6) is -0.174. The molecule has 0 bridgehead atoms. The zero-order chi connectivity index (χ0) is 16.8. The molecule has 2 aromatic rings. The van der Waals surface area contributed by atoms with Gasteiger partial charge < -0.3 is 10.6 Å². The van der Waals surface area contributed by atoms with Gasteiger partial charge in [0.25, 0.3) is 5.69 Å². The van der Waals surface area contributed by atoms with Gasteiger partial charge in [0, 0.05) is 17.3 Å². The number of hydrogen-bond acceptors (Lipinski definition) is 4. The van der Waals surface area contributed by atoms with Gasteiger partial charge in [-0.05, 0) is 25.5 Å². The molecule has 0 saturated carbocycles. The van der Waals surface area contributed by atoms with Gasteiger partial charge in [-0.1, -0.05) is 36.4 Å². The van der Waals surface area contributed by atoms with Crippen LogP contribution < -0.4 is 10.6 Å². The van der Waals surface area contributed by atoms with E-state index < -0.39 is 4.92 Å². The first-order valence-corrected chi connectivity index (χ1v) is 7.31. The highest BCUT2D eigenvalue weighted by molar-refractivity contribution is 5.81. The van der Waals surface area contributed by atoms with Crippen molar-refractivity contribution in [1.29, 1.82) is 0 Å². The lowest BCUT2D eigenvalue weighted by atomic mass is 10.1. The molecule has 0 fully saturated rings. The van der Waals surface area contributed by atoms with E-state index in [-0.39, 0.29) is 24.2 Å². The standard InChI is InChI=1S/C17H19N3O3/c1-12-15(9-6-10-16(12)20(22)23)18-11-17(21)19-13(2)14-7-4-3-5-8-14/h3-10,13,18H,11H2,1-2H3,(H,19,21)/t13-/m1/s1. The second-order valence-electron chi connectivity index (χ2n) is 5.26. The Balaban J connectivity index is 1.95. The maximum atomic E-state index is 12.0. The number of benzene rings is 2. The Morgan fingerprint density at radius 1 is 1.17 bits per heavy atom. The van der Waals surface area contributed by atoms with Crippen LogP contribution in [0.5, 0.6) is 0 Å². The summed E-state index contributed by atoms with van der Waals surface area (Å²) in [7, 11) is 0. The normalized spacial score (nSPS) is 11.6. The molecule has 6 nitrogen and oxygen atoms in total. The topological polar surface area (TPSA) is 84.3 Å². The molecule has 0 radical (unpaired) electrons. The van der Waals surface area contributed by atoms with Crippen LogP contribution >= 0.6 is 0 Å². The van der Waals surface area contributed by atoms with Crippen LogP contribution in [0.15, 0.2) is 48.5 Å². The molecule has 23 heavy (non-hydrogen) atoms. The lowest BCUT2D eigenvalue weighted by Gasteiger charge is -2.15. The molecule has 0 aliphatic carbocycles. The number of nitro groups is 1. The van der Waals surface area contributed by atoms with E-state index in [0.29, 0.717) is 11.3 Å². The monoisotopic (exact) mass is 313 g/mol. The van der Waals surface area contributed by atoms with E-state index in [1.165, 1.54) is 6.07 Å². The van der Waals surface area contributed by atoms with Crippen molar-refractivity contribution >= 4 is 17.3 Å². The average Bonchev–Trinajstić information content (AvgIpc) is 2.54. The fraction of sp³-hybridized carbons (Fsp3) is 0.235. The molecular weight excluding hydrogens is 294 g/mol. The summed E-state index contributed by atoms with van der Waals surface area (Å²) in [6.07, 6.45) is 0. The van der Waals surface area contributed by atoms with Crippen molar-refractivity contribution in [3.05, 3.63) is 69.8 Å². The van der Waals surface area contributed by atoms with Gasteiger partial charge in [0.2, 0.25) is 5.91 Å². The Kier molecular flexibility index (Phi) is 5.30. The van der Waals surface area contributed by atoms with Gasteiger partial charge in [0.15, 0.2) is 0 Å². The predicted octanol–water partition coefficient (Wildman–Crippen LogP) is 3.19. The van der Waals surface area contributed by atoms with Gasteiger partial charge >= 0.3 is 0 Å². The fourth-order valence-corrected chi connectivity index (χ4v) is 2.31. The van der Waals surface area contributed by atoms with Crippen LogP contribution in [-0.4, -0.2) is 17.4 Å². The van der Waals surface area contributed by atoms with E-state index in [2.05, 4.69) is 10.6 Å². The zero-order valence-corrected chi connectivity index (χ0v) is 13.1. The molecule has 0 saturated heterocycles. The number of anilines is 1. The maximum absolute atomic E-state index is 12.0. The molecule has 2 aromatic carbocycles. The Morgan fingerprint density at radius 2 is 1.87 bits per heavy atom. The van der Waals surface area contributed by atoms with Gasteiger partial charge in [0.05, 0.1) is 17.5 Å². The third-order valence-corrected chi connectivity index (χ3v) is 3.62. The van der Waals surface area contributed by atoms with E-state index in [9.17, 15) is 14.9 Å². The molecule has 0 aliphatic heterocycles. The molecule has 0 unspecified atom stereocenters. The number of nitro benzene ring substituents is 1. The number of nitrogens with zero attached hydrogens (tertiary/aromatic N) is 1. The molecular formula is C17H19N3O3. The Labute approximate surface area is 134 Å². The quantitative estimate of drug-likeness (QED) is 0.633. The van der Waals surface area contributed by atoms with Crippen molar-refractivity contribution in [2.24, 2.45) is 0 Å². The van der Waals surface area contributed by atoms with Gasteiger partial charge in [-0.15, -0.1) is 0 Å². The van der Waals surface area contributed by atoms with E-state index in [4.69, 9.17) is 0 Å². The highest BCUT2D eigenvalue weighted by Gasteiger charge is 2.14. The summed E-state index contributed by atoms with van der Waals surface area (Å²) in [5.41, 5.74) is 2.16. The molecule has 1 atom stereocenters. The first-order valence-electron chi connectivity index (χ1n) is 7.31. The van der Waals surface area contributed by atoms with E-state index in [0.717, 1.165) is 5.56 Å². The zero-order valence-electron chi connectivity index (χ0n) is 13.1. The van der Waals surface area contributed by atoms with Crippen LogP contribution in [0.2, 0.25) is 0 Å². The number of rotatable bonds is 6. The second-order valence-corrected chi connectivity index (χ2v) is 5.26. The third kappa shape index (κ3) is 4.29. The first-order chi connectivity index (χ1) is 11.0. The molecule has 1 amide bonds. The summed E-state index contributed by atoms with van der Waals surface area (Å²) < 4.78 is 0. The van der Waals surface area contributed by atoms with Crippen molar-refractivity contribution in [1.82, 2.24) is 5.32 Å². The Bertz CT molecular complexity index is 701. The highest BCUT2D eigenvalue weighted by atomic mass is 16.6. The number of carbonyl (C=O) groups is 1. The molecule has 0 aliphatic rings. The Morgan fingerprint density at radius 3 is 2.52 bits per heavy atom. The third-order valence-electron chi connectivity index (χ3n) is 3.62. The van der Waals surface area contributed by atoms with Crippen molar-refractivity contribution < 1.29 is 9.72 Å². The van der Waals surface area contributed by atoms with Crippen LogP contribution in [0.4, 0.5) is 11.4 Å². The van der Waals surface area contributed by atoms with Crippen LogP contribution in [-0.2, 0) is 4.79 Å². The number of nitrogens with one attached hydrogen (secondary N) is 2. The molecule has 6 heteroatoms. The molecule has 0 spiro atoms. The van der Waals surface area contributed by atoms with Crippen molar-refractivity contribution in [3.63, 3.8) is 0 Å². The first kappa shape index (κ1) is 16.5. The minimum Gasteiger partial charge on any atom is -0.376 e. The van der Waals surface area contributed by atoms with Gasteiger partial charge in [0.1, 0.15) is 0 Å². The molecule has 120 valence electrons. The van der Waals surface area contributed by atoms with Crippen LogP contribution in [0, 0.1) is 17.0 Å². The summed E-state index contributed by atoms with van der Waals surface area (Å²) in [6.45, 7) is 3.62. The lowest BCUT2D eigenvalue weighted by molar-refractivity contribution is -0.385. The molecule has 0 aromatic heterocycles. The van der Waals surface area contributed by atoms with Gasteiger partial charge in [-0.2, -0.15) is 0 Å². The number of hydrogen-bond donors (Lipinski definition) is 2. The predicted molar refractivity (Wildman–Crippen MR) is 89.3 cm³/mol. The molecule has 0 heterocycles. The summed E-state index contributed by atoms with van der Waals surface area (Å²) in [5, 5.41) is 16.7. The SMILES string of the molecule is Cc1c(NCC(=O)N[C@H](C)c2ccccc2)cccc1[N+](=O)[O-]. The van der Waals surface area contributed by atoms with Gasteiger partial charge in [-0.3, -0.25) is 14.9 Å². The Hall–Kier alpha value is -2.89. The molecule has 2 N–H and O–H groups in total. The number of carbonyl (C=O) groups excluding carboxylic acids is 1. The van der Waals surface area contributed by atoms with E-state index >= 15 is 0 Å². The van der Waals surface area contributed by atoms with Crippen LogP contribution in [0.1, 0.15) is 24.1 Å². The minimum atomic E-state index is -0.432.